The quantitative estimate of drug-likeness (QED) is 0.503. The number of nitrogens with one attached hydrogen (secondary N) is 1. The van der Waals surface area contributed by atoms with Crippen molar-refractivity contribution in [2.75, 3.05) is 5.84 Å². The molecule has 2 aromatic carbocycles. The molecular weight excluding hydrogens is 365 g/mol. The van der Waals surface area contributed by atoms with E-state index in [-0.39, 0.29) is 17.8 Å². The van der Waals surface area contributed by atoms with Gasteiger partial charge in [0.05, 0.1) is 11.3 Å². The Labute approximate surface area is 161 Å². The lowest BCUT2D eigenvalue weighted by atomic mass is 10.1. The van der Waals surface area contributed by atoms with Gasteiger partial charge >= 0.3 is 0 Å². The third-order valence-corrected chi connectivity index (χ3v) is 5.13. The molecule has 3 rings (SSSR count). The van der Waals surface area contributed by atoms with Crippen molar-refractivity contribution in [1.82, 2.24) is 20.2 Å². The molecule has 0 spiro atoms. The average molecular weight is 385 g/mol. The molecule has 27 heavy (non-hydrogen) atoms. The fraction of sp³-hybridized carbons (Fsp3) is 0.211. The molecule has 0 fully saturated rings. The van der Waals surface area contributed by atoms with E-state index in [2.05, 4.69) is 15.5 Å². The minimum atomic E-state index is -0.428. The van der Waals surface area contributed by atoms with Gasteiger partial charge < -0.3 is 11.2 Å². The lowest BCUT2D eigenvalue weighted by Gasteiger charge is -2.17. The molecule has 3 N–H and O–H groups in total. The molecular formula is C19H20FN5OS. The molecule has 6 nitrogen and oxygen atoms in total. The topological polar surface area (TPSA) is 85.8 Å². The van der Waals surface area contributed by atoms with E-state index in [9.17, 15) is 9.18 Å². The number of aromatic nitrogens is 3. The third kappa shape index (κ3) is 4.46. The number of carbonyl (C=O) groups is 1. The molecule has 8 heteroatoms. The van der Waals surface area contributed by atoms with Gasteiger partial charge in [-0.3, -0.25) is 4.79 Å². The average Bonchev–Trinajstić information content (AvgIpc) is 3.03. The molecule has 1 amide bonds. The summed E-state index contributed by atoms with van der Waals surface area (Å²) in [5.41, 5.74) is 1.68. The van der Waals surface area contributed by atoms with Gasteiger partial charge in [0.2, 0.25) is 11.1 Å². The number of benzene rings is 2. The Morgan fingerprint density at radius 3 is 2.44 bits per heavy atom. The Hall–Kier alpha value is -2.87. The first-order chi connectivity index (χ1) is 13.0. The highest BCUT2D eigenvalue weighted by Crippen LogP contribution is 2.25. The van der Waals surface area contributed by atoms with Gasteiger partial charge in [0.1, 0.15) is 5.82 Å². The van der Waals surface area contributed by atoms with Crippen LogP contribution in [0.5, 0.6) is 0 Å². The smallest absolute Gasteiger partial charge is 0.233 e. The van der Waals surface area contributed by atoms with Crippen molar-refractivity contribution in [3.63, 3.8) is 0 Å². The normalized spacial score (nSPS) is 13.1. The summed E-state index contributed by atoms with van der Waals surface area (Å²) in [6.45, 7) is 3.62. The maximum Gasteiger partial charge on any atom is 0.233 e. The molecule has 140 valence electrons. The van der Waals surface area contributed by atoms with Crippen molar-refractivity contribution in [1.29, 1.82) is 0 Å². The van der Waals surface area contributed by atoms with Crippen molar-refractivity contribution in [3.8, 4) is 11.4 Å². The molecule has 0 bridgehead atoms. The van der Waals surface area contributed by atoms with Gasteiger partial charge in [0.15, 0.2) is 5.82 Å². The highest BCUT2D eigenvalue weighted by Gasteiger charge is 2.21. The maximum absolute atomic E-state index is 13.0. The lowest BCUT2D eigenvalue weighted by Crippen LogP contribution is -2.33. The molecule has 1 aromatic heterocycles. The lowest BCUT2D eigenvalue weighted by molar-refractivity contribution is -0.120. The second-order valence-corrected chi connectivity index (χ2v) is 7.39. The number of hydrogen-bond donors (Lipinski definition) is 2. The van der Waals surface area contributed by atoms with Crippen molar-refractivity contribution >= 4 is 17.7 Å². The van der Waals surface area contributed by atoms with Crippen LogP contribution in [0.25, 0.3) is 11.4 Å². The highest BCUT2D eigenvalue weighted by molar-refractivity contribution is 8.00. The zero-order valence-electron chi connectivity index (χ0n) is 15.0. The summed E-state index contributed by atoms with van der Waals surface area (Å²) in [6.07, 6.45) is 0. The standard InChI is InChI=1S/C19H20FN5OS/c1-12(14-8-10-16(20)11-9-14)22-18(26)13(2)27-19-24-23-17(25(19)21)15-6-4-3-5-7-15/h3-13H,21H2,1-2H3,(H,22,26). The van der Waals surface area contributed by atoms with Crippen LogP contribution in [0.2, 0.25) is 0 Å². The zero-order valence-corrected chi connectivity index (χ0v) is 15.8. The zero-order chi connectivity index (χ0) is 19.4. The van der Waals surface area contributed by atoms with E-state index in [0.29, 0.717) is 11.0 Å². The van der Waals surface area contributed by atoms with E-state index in [1.807, 2.05) is 37.3 Å². The van der Waals surface area contributed by atoms with Crippen molar-refractivity contribution in [2.45, 2.75) is 30.3 Å². The van der Waals surface area contributed by atoms with E-state index in [1.165, 1.54) is 28.6 Å². The Balaban J connectivity index is 1.65. The first-order valence-corrected chi connectivity index (χ1v) is 9.32. The molecule has 0 aliphatic rings. The van der Waals surface area contributed by atoms with Crippen molar-refractivity contribution in [2.24, 2.45) is 0 Å². The second kappa shape index (κ2) is 8.22. The number of nitrogens with zero attached hydrogens (tertiary/aromatic N) is 3. The summed E-state index contributed by atoms with van der Waals surface area (Å²) in [7, 11) is 0. The first kappa shape index (κ1) is 18.9. The number of amides is 1. The minimum absolute atomic E-state index is 0.166. The van der Waals surface area contributed by atoms with Crippen LogP contribution in [0.15, 0.2) is 59.8 Å². The van der Waals surface area contributed by atoms with E-state index in [4.69, 9.17) is 5.84 Å². The van der Waals surface area contributed by atoms with Crippen LogP contribution in [0, 0.1) is 5.82 Å². The van der Waals surface area contributed by atoms with Crippen LogP contribution in [0.4, 0.5) is 4.39 Å². The summed E-state index contributed by atoms with van der Waals surface area (Å²) in [6, 6.07) is 15.3. The molecule has 3 aromatic rings. The van der Waals surface area contributed by atoms with Crippen LogP contribution in [-0.2, 0) is 4.79 Å². The Bertz CT molecular complexity index is 914. The van der Waals surface area contributed by atoms with E-state index in [0.717, 1.165) is 11.1 Å². The minimum Gasteiger partial charge on any atom is -0.349 e. The molecule has 2 unspecified atom stereocenters. The summed E-state index contributed by atoms with van der Waals surface area (Å²) in [5.74, 6) is 6.15. The van der Waals surface area contributed by atoms with E-state index < -0.39 is 5.25 Å². The van der Waals surface area contributed by atoms with Crippen LogP contribution >= 0.6 is 11.8 Å². The third-order valence-electron chi connectivity index (χ3n) is 4.08. The molecule has 0 radical (unpaired) electrons. The van der Waals surface area contributed by atoms with Crippen LogP contribution < -0.4 is 11.2 Å². The summed E-state index contributed by atoms with van der Waals surface area (Å²) >= 11 is 1.23. The first-order valence-electron chi connectivity index (χ1n) is 8.44. The van der Waals surface area contributed by atoms with Crippen molar-refractivity contribution in [3.05, 3.63) is 66.0 Å². The molecule has 0 aliphatic heterocycles. The van der Waals surface area contributed by atoms with Gasteiger partial charge in [-0.2, -0.15) is 0 Å². The fourth-order valence-electron chi connectivity index (χ4n) is 2.52. The summed E-state index contributed by atoms with van der Waals surface area (Å²) < 4.78 is 14.4. The van der Waals surface area contributed by atoms with Gasteiger partial charge in [-0.05, 0) is 31.5 Å². The Kier molecular flexibility index (Phi) is 5.75. The molecule has 0 aliphatic carbocycles. The monoisotopic (exact) mass is 385 g/mol. The van der Waals surface area contributed by atoms with Crippen LogP contribution in [0.3, 0.4) is 0 Å². The van der Waals surface area contributed by atoms with Gasteiger partial charge in [-0.1, -0.05) is 54.2 Å². The largest absolute Gasteiger partial charge is 0.349 e. The van der Waals surface area contributed by atoms with Crippen molar-refractivity contribution < 1.29 is 9.18 Å². The number of thioether (sulfide) groups is 1. The SMILES string of the molecule is CC(Sc1nnc(-c2ccccc2)n1N)C(=O)NC(C)c1ccc(F)cc1. The van der Waals surface area contributed by atoms with Gasteiger partial charge in [0.25, 0.3) is 0 Å². The Morgan fingerprint density at radius 1 is 1.11 bits per heavy atom. The van der Waals surface area contributed by atoms with Gasteiger partial charge in [-0.25, -0.2) is 9.07 Å². The maximum atomic E-state index is 13.0. The van der Waals surface area contributed by atoms with Gasteiger partial charge in [0, 0.05) is 5.56 Å². The predicted octanol–water partition coefficient (Wildman–Crippen LogP) is 3.16. The summed E-state index contributed by atoms with van der Waals surface area (Å²) in [4.78, 5) is 12.5. The molecule has 0 saturated carbocycles. The van der Waals surface area contributed by atoms with Crippen LogP contribution in [-0.4, -0.2) is 26.0 Å². The highest BCUT2D eigenvalue weighted by atomic mass is 32.2. The van der Waals surface area contributed by atoms with E-state index in [1.54, 1.807) is 19.1 Å². The van der Waals surface area contributed by atoms with Gasteiger partial charge in [-0.15, -0.1) is 10.2 Å². The molecule has 1 heterocycles. The number of nitrogens with two attached hydrogens (primary N) is 1. The fourth-order valence-corrected chi connectivity index (χ4v) is 3.30. The number of rotatable bonds is 6. The predicted molar refractivity (Wildman–Crippen MR) is 104 cm³/mol. The van der Waals surface area contributed by atoms with E-state index >= 15 is 0 Å². The number of halogens is 1. The number of hydrogen-bond acceptors (Lipinski definition) is 5. The number of nitrogen functional groups attached to an aromatic ring is 1. The molecule has 2 atom stereocenters. The van der Waals surface area contributed by atoms with Crippen LogP contribution in [0.1, 0.15) is 25.5 Å². The molecule has 0 saturated heterocycles. The Morgan fingerprint density at radius 2 is 1.78 bits per heavy atom. The second-order valence-electron chi connectivity index (χ2n) is 6.08. The number of carbonyl (C=O) groups excluding carboxylic acids is 1. The summed E-state index contributed by atoms with van der Waals surface area (Å²) in [5, 5.41) is 11.1.